The fourth-order valence-corrected chi connectivity index (χ4v) is 3.26. The normalized spacial score (nSPS) is 10.9. The molecule has 3 aromatic rings. The highest BCUT2D eigenvalue weighted by Crippen LogP contribution is 2.31. The lowest BCUT2D eigenvalue weighted by Crippen LogP contribution is -2.21. The van der Waals surface area contributed by atoms with E-state index in [2.05, 4.69) is 15.4 Å². The number of fused-ring (bicyclic) bond motifs is 1. The first-order chi connectivity index (χ1) is 14.5. The Bertz CT molecular complexity index is 1100. The Kier molecular flexibility index (Phi) is 6.68. The first-order valence-corrected chi connectivity index (χ1v) is 9.88. The van der Waals surface area contributed by atoms with Gasteiger partial charge in [-0.25, -0.2) is 10.5 Å². The number of H-pyrrole nitrogens is 1. The molecule has 0 aliphatic heterocycles. The number of anilines is 1. The Hall–Kier alpha value is -3.40. The van der Waals surface area contributed by atoms with Crippen molar-refractivity contribution in [3.05, 3.63) is 34.2 Å². The zero-order valence-corrected chi connectivity index (χ0v) is 17.3. The van der Waals surface area contributed by atoms with E-state index in [0.29, 0.717) is 41.3 Å². The minimum atomic E-state index is -0.481. The van der Waals surface area contributed by atoms with Gasteiger partial charge in [0.2, 0.25) is 5.91 Å². The predicted octanol–water partition coefficient (Wildman–Crippen LogP) is 1.98. The SMILES string of the molecule is CCCc1nn(C)c2c(=O)[nH]c(-c3cc(NCCC(=O)NO)ccc3OCC)nc12. The molecule has 10 heteroatoms. The van der Waals surface area contributed by atoms with Gasteiger partial charge in [0.15, 0.2) is 5.52 Å². The van der Waals surface area contributed by atoms with Gasteiger partial charge >= 0.3 is 0 Å². The molecule has 2 heterocycles. The number of aromatic amines is 1. The van der Waals surface area contributed by atoms with Crippen LogP contribution in [-0.4, -0.2) is 44.0 Å². The molecule has 4 N–H and O–H groups in total. The van der Waals surface area contributed by atoms with Crippen molar-refractivity contribution in [2.45, 2.75) is 33.1 Å². The van der Waals surface area contributed by atoms with Gasteiger partial charge in [0.25, 0.3) is 5.56 Å². The van der Waals surface area contributed by atoms with Gasteiger partial charge < -0.3 is 15.0 Å². The lowest BCUT2D eigenvalue weighted by molar-refractivity contribution is -0.128. The van der Waals surface area contributed by atoms with E-state index in [-0.39, 0.29) is 12.0 Å². The van der Waals surface area contributed by atoms with Gasteiger partial charge in [0, 0.05) is 25.7 Å². The molecule has 160 valence electrons. The first-order valence-electron chi connectivity index (χ1n) is 9.88. The molecule has 0 fully saturated rings. The highest BCUT2D eigenvalue weighted by atomic mass is 16.5. The van der Waals surface area contributed by atoms with E-state index in [1.54, 1.807) is 23.3 Å². The van der Waals surface area contributed by atoms with E-state index in [0.717, 1.165) is 24.2 Å². The summed E-state index contributed by atoms with van der Waals surface area (Å²) in [4.78, 5) is 31.5. The third-order valence-electron chi connectivity index (χ3n) is 4.59. The third-order valence-corrected chi connectivity index (χ3v) is 4.59. The topological polar surface area (TPSA) is 134 Å². The fraction of sp³-hybridized carbons (Fsp3) is 0.400. The van der Waals surface area contributed by atoms with Gasteiger partial charge in [0.1, 0.15) is 17.1 Å². The number of benzene rings is 1. The number of rotatable bonds is 9. The molecule has 1 aromatic carbocycles. The number of carbonyl (C=O) groups excluding carboxylic acids is 1. The second-order valence-electron chi connectivity index (χ2n) is 6.79. The molecule has 0 aliphatic carbocycles. The molecule has 0 unspecified atom stereocenters. The second-order valence-corrected chi connectivity index (χ2v) is 6.79. The number of aromatic nitrogens is 4. The number of amides is 1. The van der Waals surface area contributed by atoms with Crippen LogP contribution in [0.15, 0.2) is 23.0 Å². The summed E-state index contributed by atoms with van der Waals surface area (Å²) in [6.45, 7) is 4.71. The summed E-state index contributed by atoms with van der Waals surface area (Å²) in [5.74, 6) is 0.489. The van der Waals surface area contributed by atoms with Crippen LogP contribution in [0.3, 0.4) is 0 Å². The van der Waals surface area contributed by atoms with Crippen LogP contribution in [-0.2, 0) is 18.3 Å². The van der Waals surface area contributed by atoms with Gasteiger partial charge in [-0.3, -0.25) is 19.5 Å². The average molecular weight is 414 g/mol. The van der Waals surface area contributed by atoms with Crippen molar-refractivity contribution in [1.82, 2.24) is 25.2 Å². The molecule has 0 saturated carbocycles. The van der Waals surface area contributed by atoms with Gasteiger partial charge in [-0.2, -0.15) is 5.10 Å². The fourth-order valence-electron chi connectivity index (χ4n) is 3.26. The van der Waals surface area contributed by atoms with E-state index in [1.807, 2.05) is 26.0 Å². The van der Waals surface area contributed by atoms with Crippen LogP contribution < -0.4 is 21.1 Å². The number of ether oxygens (including phenoxy) is 1. The highest BCUT2D eigenvalue weighted by Gasteiger charge is 2.17. The molecule has 0 bridgehead atoms. The molecule has 2 aromatic heterocycles. The Balaban J connectivity index is 2.04. The zero-order chi connectivity index (χ0) is 21.7. The largest absolute Gasteiger partial charge is 0.493 e. The number of hydroxylamine groups is 1. The Morgan fingerprint density at radius 3 is 2.83 bits per heavy atom. The summed E-state index contributed by atoms with van der Waals surface area (Å²) in [6, 6.07) is 5.41. The molecule has 0 spiro atoms. The molecule has 0 aliphatic rings. The second kappa shape index (κ2) is 9.40. The molecule has 10 nitrogen and oxygen atoms in total. The van der Waals surface area contributed by atoms with Crippen LogP contribution in [0.1, 0.15) is 32.4 Å². The molecule has 0 radical (unpaired) electrons. The third kappa shape index (κ3) is 4.43. The molecular formula is C20H26N6O4. The van der Waals surface area contributed by atoms with Crippen LogP contribution in [0.5, 0.6) is 5.75 Å². The van der Waals surface area contributed by atoms with Crippen molar-refractivity contribution in [3.63, 3.8) is 0 Å². The van der Waals surface area contributed by atoms with Crippen molar-refractivity contribution in [1.29, 1.82) is 0 Å². The summed E-state index contributed by atoms with van der Waals surface area (Å²) in [5, 5.41) is 16.2. The van der Waals surface area contributed by atoms with Crippen LogP contribution >= 0.6 is 0 Å². The van der Waals surface area contributed by atoms with Crippen LogP contribution in [0.4, 0.5) is 5.69 Å². The Labute approximate surface area is 173 Å². The Morgan fingerprint density at radius 2 is 2.13 bits per heavy atom. The lowest BCUT2D eigenvalue weighted by atomic mass is 10.1. The number of nitrogens with one attached hydrogen (secondary N) is 3. The molecular weight excluding hydrogens is 388 g/mol. The standard InChI is InChI=1S/C20H26N6O4/c1-4-6-14-17-18(26(3)24-14)20(28)23-19(22-17)13-11-12(7-8-15(13)30-5-2)21-10-9-16(27)25-29/h7-8,11,21,29H,4-6,9-10H2,1-3H3,(H,25,27)(H,22,23,28). The van der Waals surface area contributed by atoms with Crippen molar-refractivity contribution in [2.24, 2.45) is 7.05 Å². The number of nitrogens with zero attached hydrogens (tertiary/aromatic N) is 3. The van der Waals surface area contributed by atoms with Crippen molar-refractivity contribution in [3.8, 4) is 17.1 Å². The van der Waals surface area contributed by atoms with E-state index < -0.39 is 5.91 Å². The number of hydrogen-bond donors (Lipinski definition) is 4. The van der Waals surface area contributed by atoms with Crippen LogP contribution in [0.2, 0.25) is 0 Å². The molecule has 0 saturated heterocycles. The molecule has 30 heavy (non-hydrogen) atoms. The average Bonchev–Trinajstić information content (AvgIpc) is 3.05. The summed E-state index contributed by atoms with van der Waals surface area (Å²) < 4.78 is 7.29. The summed E-state index contributed by atoms with van der Waals surface area (Å²) in [5.41, 5.74) is 4.47. The van der Waals surface area contributed by atoms with Gasteiger partial charge in [-0.15, -0.1) is 0 Å². The van der Waals surface area contributed by atoms with E-state index in [9.17, 15) is 9.59 Å². The van der Waals surface area contributed by atoms with Crippen molar-refractivity contribution >= 4 is 22.6 Å². The summed E-state index contributed by atoms with van der Waals surface area (Å²) in [6.07, 6.45) is 1.72. The molecule has 3 rings (SSSR count). The first kappa shape index (κ1) is 21.3. The van der Waals surface area contributed by atoms with Crippen molar-refractivity contribution < 1.29 is 14.7 Å². The number of carbonyl (C=O) groups is 1. The summed E-state index contributed by atoms with van der Waals surface area (Å²) in [7, 11) is 1.73. The quantitative estimate of drug-likeness (QED) is 0.311. The smallest absolute Gasteiger partial charge is 0.277 e. The van der Waals surface area contributed by atoms with Gasteiger partial charge in [-0.1, -0.05) is 13.3 Å². The van der Waals surface area contributed by atoms with E-state index in [1.165, 1.54) is 0 Å². The summed E-state index contributed by atoms with van der Waals surface area (Å²) >= 11 is 0. The maximum atomic E-state index is 12.8. The minimum Gasteiger partial charge on any atom is -0.493 e. The molecule has 1 amide bonds. The lowest BCUT2D eigenvalue weighted by Gasteiger charge is -2.13. The highest BCUT2D eigenvalue weighted by molar-refractivity contribution is 5.80. The van der Waals surface area contributed by atoms with E-state index >= 15 is 0 Å². The van der Waals surface area contributed by atoms with E-state index in [4.69, 9.17) is 14.9 Å². The minimum absolute atomic E-state index is 0.107. The number of aryl methyl sites for hydroxylation is 2. The van der Waals surface area contributed by atoms with Crippen LogP contribution in [0.25, 0.3) is 22.4 Å². The maximum Gasteiger partial charge on any atom is 0.277 e. The monoisotopic (exact) mass is 414 g/mol. The van der Waals surface area contributed by atoms with Gasteiger partial charge in [0.05, 0.1) is 17.9 Å². The van der Waals surface area contributed by atoms with Gasteiger partial charge in [-0.05, 0) is 31.5 Å². The molecule has 0 atom stereocenters. The predicted molar refractivity (Wildman–Crippen MR) is 113 cm³/mol. The number of hydrogen-bond acceptors (Lipinski definition) is 7. The zero-order valence-electron chi connectivity index (χ0n) is 17.3. The van der Waals surface area contributed by atoms with Crippen molar-refractivity contribution in [2.75, 3.05) is 18.5 Å². The Morgan fingerprint density at radius 1 is 1.33 bits per heavy atom. The van der Waals surface area contributed by atoms with Crippen LogP contribution in [0, 0.1) is 0 Å². The maximum absolute atomic E-state index is 12.8.